The van der Waals surface area contributed by atoms with E-state index in [0.29, 0.717) is 17.0 Å². The first kappa shape index (κ1) is 24.3. The van der Waals surface area contributed by atoms with Gasteiger partial charge < -0.3 is 9.84 Å². The quantitative estimate of drug-likeness (QED) is 0.279. The standard InChI is InChI=1S/C30H31NO4/c1-18-12-13-19(2)23(16-18)31-26(20-10-8-7-9-11-20)25(28(33)29(31)34)27(32)22-17-21(30(3,4)5)14-15-24(22)35-6/h7-17,26,32H,1-6H3/b27-25+. The molecule has 1 amide bonds. The van der Waals surface area contributed by atoms with E-state index in [1.807, 2.05) is 74.5 Å². The number of hydrogen-bond donors (Lipinski definition) is 1. The SMILES string of the molecule is COc1ccc(C(C)(C)C)cc1/C(O)=C1\C(=O)C(=O)N(c2cc(C)ccc2C)C1c1ccccc1. The van der Waals surface area contributed by atoms with Crippen LogP contribution in [0.4, 0.5) is 5.69 Å². The molecule has 1 N–H and O–H groups in total. The van der Waals surface area contributed by atoms with Crippen molar-refractivity contribution in [1.29, 1.82) is 0 Å². The summed E-state index contributed by atoms with van der Waals surface area (Å²) in [5.41, 5.74) is 4.44. The molecule has 1 aliphatic heterocycles. The lowest BCUT2D eigenvalue weighted by molar-refractivity contribution is -0.132. The summed E-state index contributed by atoms with van der Waals surface area (Å²) in [6, 6.07) is 19.9. The Morgan fingerprint density at radius 1 is 0.943 bits per heavy atom. The molecular formula is C30H31NO4. The average molecular weight is 470 g/mol. The van der Waals surface area contributed by atoms with Gasteiger partial charge in [-0.15, -0.1) is 0 Å². The maximum atomic E-state index is 13.5. The van der Waals surface area contributed by atoms with Crippen molar-refractivity contribution in [2.45, 2.75) is 46.1 Å². The highest BCUT2D eigenvalue weighted by Gasteiger charge is 2.47. The molecule has 0 spiro atoms. The lowest BCUT2D eigenvalue weighted by atomic mass is 9.85. The van der Waals surface area contributed by atoms with Crippen LogP contribution in [0.25, 0.3) is 5.76 Å². The Hall–Kier alpha value is -3.86. The van der Waals surface area contributed by atoms with Crippen LogP contribution in [0.2, 0.25) is 0 Å². The van der Waals surface area contributed by atoms with E-state index in [1.54, 1.807) is 6.07 Å². The van der Waals surface area contributed by atoms with Gasteiger partial charge in [-0.1, -0.05) is 69.3 Å². The summed E-state index contributed by atoms with van der Waals surface area (Å²) in [6.45, 7) is 10.1. The number of aryl methyl sites for hydroxylation is 2. The summed E-state index contributed by atoms with van der Waals surface area (Å²) in [5.74, 6) is -1.20. The summed E-state index contributed by atoms with van der Waals surface area (Å²) in [6.07, 6.45) is 0. The zero-order chi connectivity index (χ0) is 25.5. The van der Waals surface area contributed by atoms with Gasteiger partial charge in [-0.2, -0.15) is 0 Å². The van der Waals surface area contributed by atoms with Crippen LogP contribution in [0, 0.1) is 13.8 Å². The van der Waals surface area contributed by atoms with Crippen molar-refractivity contribution in [2.75, 3.05) is 12.0 Å². The second kappa shape index (κ2) is 9.06. The summed E-state index contributed by atoms with van der Waals surface area (Å²) >= 11 is 0. The molecule has 1 heterocycles. The average Bonchev–Trinajstić information content (AvgIpc) is 3.10. The van der Waals surface area contributed by atoms with Gasteiger partial charge in [-0.25, -0.2) is 0 Å². The third-order valence-electron chi connectivity index (χ3n) is 6.50. The van der Waals surface area contributed by atoms with Gasteiger partial charge in [0.1, 0.15) is 11.5 Å². The summed E-state index contributed by atoms with van der Waals surface area (Å²) < 4.78 is 5.54. The van der Waals surface area contributed by atoms with E-state index in [1.165, 1.54) is 12.0 Å². The predicted molar refractivity (Wildman–Crippen MR) is 139 cm³/mol. The minimum absolute atomic E-state index is 0.0477. The number of ether oxygens (including phenoxy) is 1. The molecule has 5 heteroatoms. The minimum atomic E-state index is -0.778. The smallest absolute Gasteiger partial charge is 0.300 e. The monoisotopic (exact) mass is 469 g/mol. The fourth-order valence-corrected chi connectivity index (χ4v) is 4.52. The molecule has 3 aromatic carbocycles. The number of Topliss-reactive ketones (excluding diaryl/α,β-unsaturated/α-hetero) is 1. The number of hydrogen-bond acceptors (Lipinski definition) is 4. The Morgan fingerprint density at radius 3 is 2.26 bits per heavy atom. The molecule has 3 aromatic rings. The summed E-state index contributed by atoms with van der Waals surface area (Å²) in [4.78, 5) is 28.5. The van der Waals surface area contributed by atoms with Crippen LogP contribution in [-0.2, 0) is 15.0 Å². The Balaban J connectivity index is 2.02. The molecule has 0 saturated carbocycles. The number of rotatable bonds is 4. The minimum Gasteiger partial charge on any atom is -0.507 e. The largest absolute Gasteiger partial charge is 0.507 e. The molecule has 0 bridgehead atoms. The van der Waals surface area contributed by atoms with Gasteiger partial charge in [0, 0.05) is 5.69 Å². The van der Waals surface area contributed by atoms with E-state index in [9.17, 15) is 14.7 Å². The zero-order valence-corrected chi connectivity index (χ0v) is 21.0. The van der Waals surface area contributed by atoms with Gasteiger partial charge >= 0.3 is 0 Å². The number of aliphatic hydroxyl groups is 1. The van der Waals surface area contributed by atoms with Crippen LogP contribution in [0.15, 0.2) is 72.3 Å². The highest BCUT2D eigenvalue weighted by atomic mass is 16.5. The molecule has 35 heavy (non-hydrogen) atoms. The second-order valence-electron chi connectivity index (χ2n) is 10.0. The number of benzene rings is 3. The number of carbonyl (C=O) groups excluding carboxylic acids is 2. The topological polar surface area (TPSA) is 66.8 Å². The molecule has 180 valence electrons. The van der Waals surface area contributed by atoms with E-state index < -0.39 is 17.7 Å². The Morgan fingerprint density at radius 2 is 1.63 bits per heavy atom. The van der Waals surface area contributed by atoms with Crippen molar-refractivity contribution in [3.63, 3.8) is 0 Å². The Bertz CT molecular complexity index is 1330. The number of anilines is 1. The number of ketones is 1. The molecule has 1 fully saturated rings. The van der Waals surface area contributed by atoms with Gasteiger partial charge in [0.15, 0.2) is 0 Å². The third-order valence-corrected chi connectivity index (χ3v) is 6.50. The first-order valence-corrected chi connectivity index (χ1v) is 11.7. The van der Waals surface area contributed by atoms with Gasteiger partial charge in [0.05, 0.1) is 24.3 Å². The lowest BCUT2D eigenvalue weighted by Gasteiger charge is -2.27. The summed E-state index contributed by atoms with van der Waals surface area (Å²) in [5, 5.41) is 11.6. The molecular weight excluding hydrogens is 438 g/mol. The van der Waals surface area contributed by atoms with Crippen LogP contribution in [0.1, 0.15) is 54.6 Å². The highest BCUT2D eigenvalue weighted by molar-refractivity contribution is 6.51. The maximum absolute atomic E-state index is 13.5. The first-order chi connectivity index (χ1) is 16.5. The van der Waals surface area contributed by atoms with Gasteiger partial charge in [0.25, 0.3) is 11.7 Å². The Kier molecular flexibility index (Phi) is 6.28. The molecule has 1 saturated heterocycles. The molecule has 0 radical (unpaired) electrons. The first-order valence-electron chi connectivity index (χ1n) is 11.7. The van der Waals surface area contributed by atoms with Gasteiger partial charge in [-0.05, 0) is 59.7 Å². The number of methoxy groups -OCH3 is 1. The predicted octanol–water partition coefficient (Wildman–Crippen LogP) is 6.24. The van der Waals surface area contributed by atoms with Crippen molar-refractivity contribution in [2.24, 2.45) is 0 Å². The van der Waals surface area contributed by atoms with Crippen LogP contribution in [0.5, 0.6) is 5.75 Å². The summed E-state index contributed by atoms with van der Waals surface area (Å²) in [7, 11) is 1.52. The van der Waals surface area contributed by atoms with Gasteiger partial charge in [0.2, 0.25) is 0 Å². The second-order valence-corrected chi connectivity index (χ2v) is 10.0. The molecule has 0 aromatic heterocycles. The number of carbonyl (C=O) groups is 2. The zero-order valence-electron chi connectivity index (χ0n) is 21.0. The molecule has 0 aliphatic carbocycles. The number of amides is 1. The van der Waals surface area contributed by atoms with E-state index in [2.05, 4.69) is 20.8 Å². The van der Waals surface area contributed by atoms with E-state index in [4.69, 9.17) is 4.74 Å². The van der Waals surface area contributed by atoms with Crippen LogP contribution < -0.4 is 9.64 Å². The van der Waals surface area contributed by atoms with Crippen molar-refractivity contribution in [1.82, 2.24) is 0 Å². The van der Waals surface area contributed by atoms with Crippen molar-refractivity contribution < 1.29 is 19.4 Å². The van der Waals surface area contributed by atoms with E-state index >= 15 is 0 Å². The fourth-order valence-electron chi connectivity index (χ4n) is 4.52. The van der Waals surface area contributed by atoms with E-state index in [0.717, 1.165) is 22.3 Å². The normalized spacial score (nSPS) is 17.7. The lowest BCUT2D eigenvalue weighted by Crippen LogP contribution is -2.30. The highest BCUT2D eigenvalue weighted by Crippen LogP contribution is 2.44. The van der Waals surface area contributed by atoms with Crippen molar-refractivity contribution >= 4 is 23.1 Å². The van der Waals surface area contributed by atoms with E-state index in [-0.39, 0.29) is 16.7 Å². The fraction of sp³-hybridized carbons (Fsp3) is 0.267. The van der Waals surface area contributed by atoms with Gasteiger partial charge in [-0.3, -0.25) is 14.5 Å². The Labute approximate surface area is 206 Å². The molecule has 5 nitrogen and oxygen atoms in total. The molecule has 1 unspecified atom stereocenters. The molecule has 1 aliphatic rings. The van der Waals surface area contributed by atoms with Crippen molar-refractivity contribution in [3.8, 4) is 5.75 Å². The maximum Gasteiger partial charge on any atom is 0.300 e. The number of aliphatic hydroxyl groups excluding tert-OH is 1. The van der Waals surface area contributed by atoms with Crippen LogP contribution >= 0.6 is 0 Å². The molecule has 1 atom stereocenters. The van der Waals surface area contributed by atoms with Crippen LogP contribution in [-0.4, -0.2) is 23.9 Å². The molecule has 4 rings (SSSR count). The van der Waals surface area contributed by atoms with Crippen LogP contribution in [0.3, 0.4) is 0 Å². The van der Waals surface area contributed by atoms with Crippen molar-refractivity contribution in [3.05, 3.63) is 100 Å². The number of nitrogens with zero attached hydrogens (tertiary/aromatic N) is 1. The third kappa shape index (κ3) is 4.34.